The second-order valence-corrected chi connectivity index (χ2v) is 12.1. The molecule has 0 bridgehead atoms. The van der Waals surface area contributed by atoms with E-state index >= 15 is 0 Å². The maximum atomic E-state index is 5.09. The van der Waals surface area contributed by atoms with E-state index in [-0.39, 0.29) is 0 Å². The largest absolute Gasteiger partial charge is 0.219 e. The highest BCUT2D eigenvalue weighted by Gasteiger charge is 2.17. The number of hydrogen-bond acceptors (Lipinski definition) is 9. The van der Waals surface area contributed by atoms with Crippen LogP contribution >= 0.6 is 0 Å². The van der Waals surface area contributed by atoms with Gasteiger partial charge in [0.1, 0.15) is 17.5 Å². The number of benzene rings is 5. The van der Waals surface area contributed by atoms with E-state index in [4.69, 9.17) is 24.9 Å². The van der Waals surface area contributed by atoms with Crippen molar-refractivity contribution in [1.29, 1.82) is 0 Å². The maximum absolute atomic E-state index is 5.09. The number of hydrogen-bond donors (Lipinski definition) is 0. The Balaban J connectivity index is 1.32. The first-order valence-corrected chi connectivity index (χ1v) is 16.6. The number of nitrogens with zero attached hydrogens (tertiary/aromatic N) is 9. The lowest BCUT2D eigenvalue weighted by Gasteiger charge is -2.13. The van der Waals surface area contributed by atoms with Crippen LogP contribution in [0.25, 0.3) is 79.5 Å². The van der Waals surface area contributed by atoms with Crippen molar-refractivity contribution in [2.45, 2.75) is 20.8 Å². The van der Waals surface area contributed by atoms with E-state index in [0.717, 1.165) is 44.5 Å². The molecular weight excluding hydrogens is 631 g/mol. The lowest BCUT2D eigenvalue weighted by molar-refractivity contribution is 0.928. The van der Waals surface area contributed by atoms with Gasteiger partial charge < -0.3 is 0 Å². The topological polar surface area (TPSA) is 116 Å². The summed E-state index contributed by atoms with van der Waals surface area (Å²) in [6.07, 6.45) is 0. The van der Waals surface area contributed by atoms with Gasteiger partial charge in [-0.1, -0.05) is 109 Å². The van der Waals surface area contributed by atoms with Gasteiger partial charge in [0.2, 0.25) is 0 Å². The third-order valence-corrected chi connectivity index (χ3v) is 8.24. The van der Waals surface area contributed by atoms with Crippen LogP contribution < -0.4 is 0 Å². The summed E-state index contributed by atoms with van der Waals surface area (Å²) in [4.78, 5) is 43.0. The Kier molecular flexibility index (Phi) is 8.35. The van der Waals surface area contributed by atoms with Crippen LogP contribution in [0.2, 0.25) is 0 Å². The molecule has 244 valence electrons. The van der Waals surface area contributed by atoms with Crippen LogP contribution in [-0.4, -0.2) is 44.9 Å². The lowest BCUT2D eigenvalue weighted by Crippen LogP contribution is -2.02. The van der Waals surface area contributed by atoms with E-state index in [1.807, 2.05) is 130 Å². The van der Waals surface area contributed by atoms with Crippen LogP contribution in [-0.2, 0) is 0 Å². The Labute approximate surface area is 295 Å². The normalized spacial score (nSPS) is 11.0. The highest BCUT2D eigenvalue weighted by molar-refractivity contribution is 5.79. The SMILES string of the molecule is Cc1nc(C)nc(-c2cccc(-c3nc(-c4ccccc4)nc(-c4cc(-c5ccccc5)cc(-c5nc(C)nc(-c6ccccc6)n5)c4)n3)c2)n1. The van der Waals surface area contributed by atoms with Gasteiger partial charge in [-0.25, -0.2) is 44.9 Å². The predicted octanol–water partition coefficient (Wildman–Crippen LogP) is 8.84. The molecule has 0 aliphatic carbocycles. The molecule has 3 aromatic heterocycles. The summed E-state index contributed by atoms with van der Waals surface area (Å²) < 4.78 is 0. The smallest absolute Gasteiger partial charge is 0.164 e. The Bertz CT molecular complexity index is 2480. The monoisotopic (exact) mass is 661 g/mol. The van der Waals surface area contributed by atoms with E-state index in [1.54, 1.807) is 0 Å². The molecule has 0 saturated heterocycles. The molecule has 9 nitrogen and oxygen atoms in total. The van der Waals surface area contributed by atoms with Crippen molar-refractivity contribution in [1.82, 2.24) is 44.9 Å². The van der Waals surface area contributed by atoms with Crippen molar-refractivity contribution in [3.05, 3.63) is 151 Å². The Hall–Kier alpha value is -6.87. The lowest BCUT2D eigenvalue weighted by atomic mass is 9.98. The van der Waals surface area contributed by atoms with Crippen LogP contribution in [0.1, 0.15) is 17.5 Å². The van der Waals surface area contributed by atoms with Crippen molar-refractivity contribution in [2.75, 3.05) is 0 Å². The van der Waals surface area contributed by atoms with E-state index in [2.05, 4.69) is 44.2 Å². The standard InChI is InChI=1S/C42H31N9/c1-26-43-27(2)45-39(44-26)32-20-13-21-33(22-32)40-49-38(31-18-11-6-12-19-31)50-42(51-40)36-24-34(29-14-7-4-8-15-29)23-35(25-36)41-47-28(3)46-37(48-41)30-16-9-5-10-17-30/h4-25H,1-3H3. The van der Waals surface area contributed by atoms with Gasteiger partial charge in [-0.2, -0.15) is 0 Å². The van der Waals surface area contributed by atoms with Gasteiger partial charge >= 0.3 is 0 Å². The van der Waals surface area contributed by atoms with Gasteiger partial charge in [-0.05, 0) is 56.2 Å². The van der Waals surface area contributed by atoms with E-state index in [0.29, 0.717) is 52.4 Å². The molecule has 0 saturated carbocycles. The van der Waals surface area contributed by atoms with Gasteiger partial charge in [0.15, 0.2) is 34.9 Å². The Morgan fingerprint density at radius 3 is 1.02 bits per heavy atom. The fourth-order valence-electron chi connectivity index (χ4n) is 5.90. The first-order chi connectivity index (χ1) is 24.9. The van der Waals surface area contributed by atoms with Crippen LogP contribution in [0.3, 0.4) is 0 Å². The first-order valence-electron chi connectivity index (χ1n) is 16.6. The molecule has 0 radical (unpaired) electrons. The summed E-state index contributed by atoms with van der Waals surface area (Å²) in [5.41, 5.74) is 7.09. The zero-order chi connectivity index (χ0) is 34.7. The first kappa shape index (κ1) is 31.4. The molecule has 9 heteroatoms. The van der Waals surface area contributed by atoms with Gasteiger partial charge in [0, 0.05) is 33.4 Å². The third kappa shape index (κ3) is 6.86. The third-order valence-electron chi connectivity index (χ3n) is 8.24. The van der Waals surface area contributed by atoms with E-state index in [1.165, 1.54) is 0 Å². The van der Waals surface area contributed by atoms with Crippen molar-refractivity contribution in [3.8, 4) is 79.5 Å². The molecule has 51 heavy (non-hydrogen) atoms. The quantitative estimate of drug-likeness (QED) is 0.165. The molecule has 0 amide bonds. The molecule has 0 aliphatic rings. The summed E-state index contributed by atoms with van der Waals surface area (Å²) in [6.45, 7) is 5.62. The molecule has 8 aromatic rings. The molecule has 0 spiro atoms. The zero-order valence-corrected chi connectivity index (χ0v) is 28.2. The molecule has 0 fully saturated rings. The molecule has 0 N–H and O–H groups in total. The summed E-state index contributed by atoms with van der Waals surface area (Å²) in [5, 5.41) is 0. The van der Waals surface area contributed by atoms with Crippen molar-refractivity contribution >= 4 is 0 Å². The van der Waals surface area contributed by atoms with E-state index < -0.39 is 0 Å². The average Bonchev–Trinajstić information content (AvgIpc) is 3.18. The number of aromatic nitrogens is 9. The van der Waals surface area contributed by atoms with Crippen LogP contribution in [0, 0.1) is 20.8 Å². The maximum Gasteiger partial charge on any atom is 0.164 e. The number of aryl methyl sites for hydroxylation is 3. The second kappa shape index (κ2) is 13.6. The van der Waals surface area contributed by atoms with Gasteiger partial charge in [0.05, 0.1) is 0 Å². The summed E-state index contributed by atoms with van der Waals surface area (Å²) in [6, 6.07) is 44.3. The summed E-state index contributed by atoms with van der Waals surface area (Å²) in [7, 11) is 0. The minimum Gasteiger partial charge on any atom is -0.219 e. The van der Waals surface area contributed by atoms with Gasteiger partial charge in [-0.3, -0.25) is 0 Å². The highest BCUT2D eigenvalue weighted by atomic mass is 15.0. The van der Waals surface area contributed by atoms with Gasteiger partial charge in [0.25, 0.3) is 0 Å². The average molecular weight is 662 g/mol. The molecular formula is C42H31N9. The molecule has 0 aliphatic heterocycles. The van der Waals surface area contributed by atoms with Crippen molar-refractivity contribution in [2.24, 2.45) is 0 Å². The minimum atomic E-state index is 0.518. The predicted molar refractivity (Wildman–Crippen MR) is 199 cm³/mol. The zero-order valence-electron chi connectivity index (χ0n) is 28.2. The number of rotatable bonds is 7. The molecule has 0 atom stereocenters. The summed E-state index contributed by atoms with van der Waals surface area (Å²) in [5.74, 6) is 5.33. The van der Waals surface area contributed by atoms with E-state index in [9.17, 15) is 0 Å². The molecule has 8 rings (SSSR count). The van der Waals surface area contributed by atoms with Gasteiger partial charge in [-0.15, -0.1) is 0 Å². The van der Waals surface area contributed by atoms with Crippen LogP contribution in [0.15, 0.2) is 133 Å². The fourth-order valence-corrected chi connectivity index (χ4v) is 5.90. The van der Waals surface area contributed by atoms with Crippen LogP contribution in [0.4, 0.5) is 0 Å². The Morgan fingerprint density at radius 2 is 0.529 bits per heavy atom. The van der Waals surface area contributed by atoms with Crippen LogP contribution in [0.5, 0.6) is 0 Å². The van der Waals surface area contributed by atoms with Crippen molar-refractivity contribution in [3.63, 3.8) is 0 Å². The minimum absolute atomic E-state index is 0.518. The summed E-state index contributed by atoms with van der Waals surface area (Å²) >= 11 is 0. The highest BCUT2D eigenvalue weighted by Crippen LogP contribution is 2.33. The van der Waals surface area contributed by atoms with Crippen molar-refractivity contribution < 1.29 is 0 Å². The molecule has 0 unspecified atom stereocenters. The second-order valence-electron chi connectivity index (χ2n) is 12.1. The Morgan fingerprint density at radius 1 is 0.235 bits per heavy atom. The molecule has 3 heterocycles. The molecule has 5 aromatic carbocycles. The fraction of sp³-hybridized carbons (Fsp3) is 0.0714.